The van der Waals surface area contributed by atoms with Gasteiger partial charge in [-0.15, -0.1) is 0 Å². The van der Waals surface area contributed by atoms with E-state index >= 15 is 0 Å². The van der Waals surface area contributed by atoms with Crippen LogP contribution in [0.15, 0.2) is 30.9 Å². The van der Waals surface area contributed by atoms with Crippen molar-refractivity contribution in [1.29, 1.82) is 0 Å². The van der Waals surface area contributed by atoms with Crippen molar-refractivity contribution in [3.05, 3.63) is 42.1 Å². The summed E-state index contributed by atoms with van der Waals surface area (Å²) in [5.41, 5.74) is 1.99. The molecule has 1 N–H and O–H groups in total. The Morgan fingerprint density at radius 3 is 2.68 bits per heavy atom. The van der Waals surface area contributed by atoms with E-state index in [0.29, 0.717) is 30.8 Å². The van der Waals surface area contributed by atoms with Gasteiger partial charge in [0, 0.05) is 51.3 Å². The third kappa shape index (κ3) is 4.51. The molecule has 0 aromatic carbocycles. The van der Waals surface area contributed by atoms with Crippen molar-refractivity contribution in [1.82, 2.24) is 23.6 Å². The largest absolute Gasteiger partial charge is 0.478 e. The van der Waals surface area contributed by atoms with E-state index in [0.717, 1.165) is 18.5 Å². The van der Waals surface area contributed by atoms with Crippen LogP contribution < -0.4 is 0 Å². The van der Waals surface area contributed by atoms with E-state index in [1.54, 1.807) is 18.6 Å². The van der Waals surface area contributed by atoms with Crippen LogP contribution in [0.1, 0.15) is 28.9 Å². The lowest BCUT2D eigenvalue weighted by atomic mass is 9.95. The summed E-state index contributed by atoms with van der Waals surface area (Å²) in [6.07, 6.45) is 8.47. The summed E-state index contributed by atoms with van der Waals surface area (Å²) in [6, 6.07) is 1.50. The van der Waals surface area contributed by atoms with Gasteiger partial charge >= 0.3 is 5.97 Å². The lowest BCUT2D eigenvalue weighted by molar-refractivity contribution is 0.0696. The van der Waals surface area contributed by atoms with Crippen LogP contribution in [0.3, 0.4) is 0 Å². The predicted octanol–water partition coefficient (Wildman–Crippen LogP) is 1.30. The van der Waals surface area contributed by atoms with Crippen LogP contribution in [0.4, 0.5) is 0 Å². The maximum atomic E-state index is 12.3. The molecule has 2 aromatic heterocycles. The third-order valence-corrected chi connectivity index (χ3v) is 6.66. The molecule has 0 bridgehead atoms. The van der Waals surface area contributed by atoms with Crippen LogP contribution in [-0.4, -0.2) is 70.2 Å². The van der Waals surface area contributed by atoms with Crippen LogP contribution in [0, 0.1) is 5.92 Å². The Labute approximate surface area is 164 Å². The Morgan fingerprint density at radius 2 is 2.04 bits per heavy atom. The topological polar surface area (TPSA) is 117 Å². The van der Waals surface area contributed by atoms with Gasteiger partial charge in [-0.25, -0.2) is 4.79 Å². The first-order chi connectivity index (χ1) is 13.3. The first kappa shape index (κ1) is 20.3. The second kappa shape index (κ2) is 8.29. The summed E-state index contributed by atoms with van der Waals surface area (Å²) in [4.78, 5) is 23.8. The summed E-state index contributed by atoms with van der Waals surface area (Å²) in [6.45, 7) is 1.00. The van der Waals surface area contributed by atoms with E-state index < -0.39 is 16.2 Å². The number of aromatic nitrogens is 3. The van der Waals surface area contributed by atoms with Crippen LogP contribution in [0.25, 0.3) is 11.3 Å². The Balaban J connectivity index is 1.69. The average Bonchev–Trinajstić information content (AvgIpc) is 2.69. The molecule has 1 aliphatic heterocycles. The molecule has 10 heteroatoms. The van der Waals surface area contributed by atoms with Crippen LogP contribution in [0.2, 0.25) is 0 Å². The number of nitrogens with zero attached hydrogens (tertiary/aromatic N) is 5. The number of hydrogen-bond acceptors (Lipinski definition) is 6. The number of pyridine rings is 1. The van der Waals surface area contributed by atoms with Gasteiger partial charge in [-0.2, -0.15) is 17.0 Å². The first-order valence-corrected chi connectivity index (χ1v) is 10.3. The SMILES string of the molecule is CN(C)S(=O)(=O)N1CCC[C@@H](Cc2cnc(-c3cncc(C(=O)O)c3)cn2)C1. The number of piperidine rings is 1. The molecule has 0 unspecified atom stereocenters. The second-order valence-corrected chi connectivity index (χ2v) is 9.16. The fourth-order valence-corrected chi connectivity index (χ4v) is 4.46. The number of rotatable bonds is 6. The molecular weight excluding hydrogens is 382 g/mol. The summed E-state index contributed by atoms with van der Waals surface area (Å²) >= 11 is 0. The van der Waals surface area contributed by atoms with E-state index in [2.05, 4.69) is 15.0 Å². The molecule has 1 atom stereocenters. The maximum absolute atomic E-state index is 12.3. The second-order valence-electron chi connectivity index (χ2n) is 7.02. The zero-order valence-corrected chi connectivity index (χ0v) is 16.6. The van der Waals surface area contributed by atoms with Crippen LogP contribution in [-0.2, 0) is 16.6 Å². The Kier molecular flexibility index (Phi) is 6.01. The minimum Gasteiger partial charge on any atom is -0.478 e. The van der Waals surface area contributed by atoms with E-state index in [1.807, 2.05) is 0 Å². The summed E-state index contributed by atoms with van der Waals surface area (Å²) in [7, 11) is -0.325. The molecule has 1 aliphatic rings. The molecule has 150 valence electrons. The molecule has 0 aliphatic carbocycles. The van der Waals surface area contributed by atoms with Gasteiger partial charge in [0.1, 0.15) is 0 Å². The summed E-state index contributed by atoms with van der Waals surface area (Å²) in [5.74, 6) is -0.867. The molecule has 3 rings (SSSR count). The van der Waals surface area contributed by atoms with Crippen molar-refractivity contribution >= 4 is 16.2 Å². The monoisotopic (exact) mass is 405 g/mol. The maximum Gasteiger partial charge on any atom is 0.337 e. The smallest absolute Gasteiger partial charge is 0.337 e. The number of aromatic carboxylic acids is 1. The minimum atomic E-state index is -3.40. The van der Waals surface area contributed by atoms with E-state index in [9.17, 15) is 13.2 Å². The Bertz CT molecular complexity index is 947. The van der Waals surface area contributed by atoms with Gasteiger partial charge in [-0.1, -0.05) is 0 Å². The molecular formula is C18H23N5O4S. The number of carboxylic acids is 1. The fourth-order valence-electron chi connectivity index (χ4n) is 3.24. The number of hydrogen-bond donors (Lipinski definition) is 1. The van der Waals surface area contributed by atoms with Crippen molar-refractivity contribution in [2.45, 2.75) is 19.3 Å². The molecule has 0 spiro atoms. The average molecular weight is 405 g/mol. The lowest BCUT2D eigenvalue weighted by Gasteiger charge is -2.33. The molecule has 9 nitrogen and oxygen atoms in total. The molecule has 1 saturated heterocycles. The predicted molar refractivity (Wildman–Crippen MR) is 103 cm³/mol. The molecule has 0 radical (unpaired) electrons. The summed E-state index contributed by atoms with van der Waals surface area (Å²) < 4.78 is 27.4. The molecule has 28 heavy (non-hydrogen) atoms. The van der Waals surface area contributed by atoms with Gasteiger partial charge < -0.3 is 5.11 Å². The van der Waals surface area contributed by atoms with Crippen molar-refractivity contribution < 1.29 is 18.3 Å². The zero-order chi connectivity index (χ0) is 20.3. The van der Waals surface area contributed by atoms with Gasteiger partial charge in [0.15, 0.2) is 0 Å². The highest BCUT2D eigenvalue weighted by atomic mass is 32.2. The normalized spacial score (nSPS) is 18.3. The van der Waals surface area contributed by atoms with Crippen molar-refractivity contribution in [3.8, 4) is 11.3 Å². The number of carbonyl (C=O) groups is 1. The minimum absolute atomic E-state index is 0.0905. The van der Waals surface area contributed by atoms with E-state index in [1.165, 1.54) is 35.0 Å². The van der Waals surface area contributed by atoms with Gasteiger partial charge in [0.05, 0.1) is 23.1 Å². The Hall–Kier alpha value is -2.43. The highest BCUT2D eigenvalue weighted by molar-refractivity contribution is 7.86. The first-order valence-electron chi connectivity index (χ1n) is 8.94. The Morgan fingerprint density at radius 1 is 1.25 bits per heavy atom. The third-order valence-electron chi connectivity index (χ3n) is 4.75. The van der Waals surface area contributed by atoms with E-state index in [-0.39, 0.29) is 11.5 Å². The zero-order valence-electron chi connectivity index (χ0n) is 15.8. The molecule has 3 heterocycles. The highest BCUT2D eigenvalue weighted by Crippen LogP contribution is 2.23. The quantitative estimate of drug-likeness (QED) is 0.770. The highest BCUT2D eigenvalue weighted by Gasteiger charge is 2.30. The summed E-state index contributed by atoms with van der Waals surface area (Å²) in [5, 5.41) is 9.07. The van der Waals surface area contributed by atoms with Gasteiger partial charge in [-0.3, -0.25) is 15.0 Å². The van der Waals surface area contributed by atoms with Gasteiger partial charge in [0.25, 0.3) is 10.2 Å². The standard InChI is InChI=1S/C18H23N5O4S/c1-22(2)28(26,27)23-5-3-4-13(12-23)6-16-10-21-17(11-20-16)14-7-15(18(24)25)9-19-8-14/h7-11,13H,3-6,12H2,1-2H3,(H,24,25)/t13-/m0/s1. The molecule has 1 fully saturated rings. The van der Waals surface area contributed by atoms with Crippen molar-refractivity contribution in [2.24, 2.45) is 5.92 Å². The van der Waals surface area contributed by atoms with E-state index in [4.69, 9.17) is 5.11 Å². The van der Waals surface area contributed by atoms with Crippen LogP contribution >= 0.6 is 0 Å². The fraction of sp³-hybridized carbons (Fsp3) is 0.444. The lowest BCUT2D eigenvalue weighted by Crippen LogP contribution is -2.45. The molecule has 2 aromatic rings. The van der Waals surface area contributed by atoms with Crippen molar-refractivity contribution in [2.75, 3.05) is 27.2 Å². The van der Waals surface area contributed by atoms with Crippen molar-refractivity contribution in [3.63, 3.8) is 0 Å². The number of carboxylic acid groups (broad SMARTS) is 1. The van der Waals surface area contributed by atoms with Gasteiger partial charge in [-0.05, 0) is 31.2 Å². The van der Waals surface area contributed by atoms with Crippen LogP contribution in [0.5, 0.6) is 0 Å². The van der Waals surface area contributed by atoms with Gasteiger partial charge in [0.2, 0.25) is 0 Å². The molecule has 0 amide bonds. The molecule has 0 saturated carbocycles.